The van der Waals surface area contributed by atoms with E-state index >= 15 is 0 Å². The van der Waals surface area contributed by atoms with Crippen molar-refractivity contribution in [3.8, 4) is 0 Å². The van der Waals surface area contributed by atoms with Gasteiger partial charge < -0.3 is 4.98 Å². The van der Waals surface area contributed by atoms with Crippen molar-refractivity contribution in [1.82, 2.24) is 14.9 Å². The van der Waals surface area contributed by atoms with Gasteiger partial charge in [-0.3, -0.25) is 9.88 Å². The third kappa shape index (κ3) is 2.50. The zero-order chi connectivity index (χ0) is 14.9. The Morgan fingerprint density at radius 1 is 1.18 bits per heavy atom. The van der Waals surface area contributed by atoms with Crippen molar-refractivity contribution in [3.05, 3.63) is 65.4 Å². The van der Waals surface area contributed by atoms with Gasteiger partial charge in [-0.2, -0.15) is 0 Å². The summed E-state index contributed by atoms with van der Waals surface area (Å²) in [7, 11) is 0. The molecule has 1 aliphatic heterocycles. The molecule has 1 N–H and O–H groups in total. The van der Waals surface area contributed by atoms with Crippen LogP contribution in [0.3, 0.4) is 0 Å². The van der Waals surface area contributed by atoms with Crippen LogP contribution in [-0.2, 0) is 19.4 Å². The van der Waals surface area contributed by atoms with Gasteiger partial charge in [0.15, 0.2) is 0 Å². The Hall–Kier alpha value is -2.20. The first-order chi connectivity index (χ1) is 10.8. The molecule has 3 heterocycles. The van der Waals surface area contributed by atoms with Crippen LogP contribution in [0.5, 0.6) is 0 Å². The smallest absolute Gasteiger partial charge is 0.123 e. The summed E-state index contributed by atoms with van der Waals surface area (Å²) in [5.41, 5.74) is 4.89. The molecule has 0 atom stereocenters. The van der Waals surface area contributed by atoms with E-state index in [0.717, 1.165) is 43.4 Å². The average molecular weight is 295 g/mol. The third-order valence-corrected chi connectivity index (χ3v) is 4.48. The number of hydrogen-bond donors (Lipinski definition) is 1. The van der Waals surface area contributed by atoms with Crippen molar-refractivity contribution in [2.24, 2.45) is 0 Å². The fourth-order valence-corrected chi connectivity index (χ4v) is 3.30. The molecule has 112 valence electrons. The normalized spacial score (nSPS) is 15.1. The first-order valence-electron chi connectivity index (χ1n) is 7.70. The quantitative estimate of drug-likeness (QED) is 0.804. The van der Waals surface area contributed by atoms with Gasteiger partial charge in [-0.15, -0.1) is 0 Å². The minimum absolute atomic E-state index is 0.158. The van der Waals surface area contributed by atoms with Gasteiger partial charge in [0.05, 0.1) is 0 Å². The zero-order valence-corrected chi connectivity index (χ0v) is 12.3. The van der Waals surface area contributed by atoms with Gasteiger partial charge in [-0.05, 0) is 54.3 Å². The number of pyridine rings is 1. The van der Waals surface area contributed by atoms with Crippen LogP contribution in [0.25, 0.3) is 10.9 Å². The predicted octanol–water partition coefficient (Wildman–Crippen LogP) is 3.30. The largest absolute Gasteiger partial charge is 0.357 e. The molecule has 0 saturated heterocycles. The molecule has 4 heteroatoms. The second-order valence-electron chi connectivity index (χ2n) is 5.90. The number of nitrogens with zero attached hydrogens (tertiary/aromatic N) is 2. The molecule has 0 amide bonds. The molecular weight excluding hydrogens is 277 g/mol. The molecule has 0 fully saturated rings. The van der Waals surface area contributed by atoms with Crippen molar-refractivity contribution in [2.75, 3.05) is 13.1 Å². The van der Waals surface area contributed by atoms with Crippen LogP contribution in [0.1, 0.15) is 16.8 Å². The minimum Gasteiger partial charge on any atom is -0.357 e. The lowest BCUT2D eigenvalue weighted by atomic mass is 10.0. The maximum Gasteiger partial charge on any atom is 0.123 e. The van der Waals surface area contributed by atoms with Crippen LogP contribution < -0.4 is 0 Å². The van der Waals surface area contributed by atoms with Gasteiger partial charge in [0.25, 0.3) is 0 Å². The van der Waals surface area contributed by atoms with E-state index in [-0.39, 0.29) is 5.82 Å². The number of hydrogen-bond acceptors (Lipinski definition) is 2. The lowest BCUT2D eigenvalue weighted by Crippen LogP contribution is -2.32. The maximum atomic E-state index is 13.4. The standard InChI is InChI=1S/C18H18FN3/c19-14-1-2-17-16(11-14)15-6-10-22(12-18(15)21-17)9-5-13-3-7-20-8-4-13/h1-4,7-8,11,21H,5-6,9-10,12H2. The third-order valence-electron chi connectivity index (χ3n) is 4.48. The summed E-state index contributed by atoms with van der Waals surface area (Å²) in [6.45, 7) is 2.98. The molecule has 0 saturated carbocycles. The van der Waals surface area contributed by atoms with Gasteiger partial charge >= 0.3 is 0 Å². The Morgan fingerprint density at radius 3 is 2.91 bits per heavy atom. The number of nitrogens with one attached hydrogen (secondary N) is 1. The van der Waals surface area contributed by atoms with E-state index in [1.54, 1.807) is 6.07 Å². The van der Waals surface area contributed by atoms with E-state index in [4.69, 9.17) is 0 Å². The lowest BCUT2D eigenvalue weighted by molar-refractivity contribution is 0.255. The summed E-state index contributed by atoms with van der Waals surface area (Å²) in [5.74, 6) is -0.158. The van der Waals surface area contributed by atoms with Crippen LogP contribution in [0.15, 0.2) is 42.7 Å². The molecule has 3 aromatic rings. The summed E-state index contributed by atoms with van der Waals surface area (Å²) in [6.07, 6.45) is 5.70. The van der Waals surface area contributed by atoms with E-state index in [1.807, 2.05) is 18.5 Å². The summed E-state index contributed by atoms with van der Waals surface area (Å²) < 4.78 is 13.4. The van der Waals surface area contributed by atoms with Gasteiger partial charge in [0.1, 0.15) is 5.82 Å². The highest BCUT2D eigenvalue weighted by Gasteiger charge is 2.20. The van der Waals surface area contributed by atoms with E-state index in [9.17, 15) is 4.39 Å². The summed E-state index contributed by atoms with van der Waals surface area (Å²) in [4.78, 5) is 9.96. The molecule has 0 radical (unpaired) electrons. The van der Waals surface area contributed by atoms with Gasteiger partial charge in [0, 0.05) is 48.6 Å². The van der Waals surface area contributed by atoms with Gasteiger partial charge in [-0.1, -0.05) is 0 Å². The molecule has 22 heavy (non-hydrogen) atoms. The van der Waals surface area contributed by atoms with E-state index in [1.165, 1.54) is 22.9 Å². The van der Waals surface area contributed by atoms with Crippen LogP contribution in [-0.4, -0.2) is 28.0 Å². The first-order valence-corrected chi connectivity index (χ1v) is 7.70. The van der Waals surface area contributed by atoms with Gasteiger partial charge in [-0.25, -0.2) is 4.39 Å². The van der Waals surface area contributed by atoms with Crippen LogP contribution in [0.2, 0.25) is 0 Å². The highest BCUT2D eigenvalue weighted by Crippen LogP contribution is 2.28. The number of aromatic amines is 1. The van der Waals surface area contributed by atoms with E-state index < -0.39 is 0 Å². The Labute approximate surface area is 128 Å². The molecule has 0 bridgehead atoms. The molecule has 1 aliphatic rings. The van der Waals surface area contributed by atoms with Crippen molar-refractivity contribution >= 4 is 10.9 Å². The summed E-state index contributed by atoms with van der Waals surface area (Å²) >= 11 is 0. The second-order valence-corrected chi connectivity index (χ2v) is 5.90. The number of rotatable bonds is 3. The molecule has 0 aliphatic carbocycles. The average Bonchev–Trinajstić information content (AvgIpc) is 2.91. The van der Waals surface area contributed by atoms with Crippen molar-refractivity contribution in [2.45, 2.75) is 19.4 Å². The first kappa shape index (κ1) is 13.5. The van der Waals surface area contributed by atoms with Crippen LogP contribution in [0.4, 0.5) is 4.39 Å². The Kier molecular flexibility index (Phi) is 3.39. The SMILES string of the molecule is Fc1ccc2[nH]c3c(c2c1)CCN(CCc1ccncc1)C3. The van der Waals surface area contributed by atoms with E-state index in [2.05, 4.69) is 27.0 Å². The molecule has 4 rings (SSSR count). The number of aromatic nitrogens is 2. The van der Waals surface area contributed by atoms with Crippen molar-refractivity contribution < 1.29 is 4.39 Å². The fourth-order valence-electron chi connectivity index (χ4n) is 3.30. The van der Waals surface area contributed by atoms with E-state index in [0.29, 0.717) is 0 Å². The minimum atomic E-state index is -0.158. The highest BCUT2D eigenvalue weighted by atomic mass is 19.1. The maximum absolute atomic E-state index is 13.4. The zero-order valence-electron chi connectivity index (χ0n) is 12.3. The second kappa shape index (κ2) is 5.54. The lowest BCUT2D eigenvalue weighted by Gasteiger charge is -2.26. The Morgan fingerprint density at radius 2 is 2.05 bits per heavy atom. The monoisotopic (exact) mass is 295 g/mol. The Bertz CT molecular complexity index is 795. The van der Waals surface area contributed by atoms with Gasteiger partial charge in [0.2, 0.25) is 0 Å². The molecule has 1 aromatic carbocycles. The number of benzene rings is 1. The summed E-state index contributed by atoms with van der Waals surface area (Å²) in [5, 5.41) is 1.05. The fraction of sp³-hybridized carbons (Fsp3) is 0.278. The van der Waals surface area contributed by atoms with Crippen molar-refractivity contribution in [1.29, 1.82) is 0 Å². The number of fused-ring (bicyclic) bond motifs is 3. The molecule has 0 spiro atoms. The summed E-state index contributed by atoms with van der Waals surface area (Å²) in [6, 6.07) is 9.15. The molecule has 2 aromatic heterocycles. The topological polar surface area (TPSA) is 31.9 Å². The highest BCUT2D eigenvalue weighted by molar-refractivity contribution is 5.85. The molecular formula is C18H18FN3. The van der Waals surface area contributed by atoms with Crippen LogP contribution in [0, 0.1) is 5.82 Å². The predicted molar refractivity (Wildman–Crippen MR) is 85.2 cm³/mol. The van der Waals surface area contributed by atoms with Crippen molar-refractivity contribution in [3.63, 3.8) is 0 Å². The molecule has 0 unspecified atom stereocenters. The Balaban J connectivity index is 1.51. The molecule has 3 nitrogen and oxygen atoms in total. The van der Waals surface area contributed by atoms with Crippen LogP contribution >= 0.6 is 0 Å². The number of H-pyrrole nitrogens is 1. The number of halogens is 1.